The van der Waals surface area contributed by atoms with Gasteiger partial charge in [0.1, 0.15) is 0 Å². The number of nitrogens with zero attached hydrogens (tertiary/aromatic N) is 3. The number of carbonyl (C=O) groups is 3. The number of hydrogen-bond donors (Lipinski definition) is 2. The monoisotopic (exact) mass is 504 g/mol. The number of carboxylic acids is 1. The number of rotatable bonds is 10. The zero-order chi connectivity index (χ0) is 25.9. The molecule has 0 radical (unpaired) electrons. The van der Waals surface area contributed by atoms with Crippen LogP contribution in [0.1, 0.15) is 37.7 Å². The first kappa shape index (κ1) is 25.3. The summed E-state index contributed by atoms with van der Waals surface area (Å²) in [5.74, 6) is -0.601. The van der Waals surface area contributed by atoms with Crippen LogP contribution in [0.3, 0.4) is 0 Å². The Morgan fingerprint density at radius 1 is 0.946 bits per heavy atom. The summed E-state index contributed by atoms with van der Waals surface area (Å²) in [7, 11) is 2.13. The van der Waals surface area contributed by atoms with Crippen LogP contribution in [0, 0.1) is 11.8 Å². The van der Waals surface area contributed by atoms with Crippen LogP contribution in [0.25, 0.3) is 11.1 Å². The molecule has 1 saturated heterocycles. The first-order valence-corrected chi connectivity index (χ1v) is 13.4. The van der Waals surface area contributed by atoms with Crippen molar-refractivity contribution in [3.05, 3.63) is 48.0 Å². The molecule has 0 unspecified atom stereocenters. The van der Waals surface area contributed by atoms with Crippen LogP contribution in [0.2, 0.25) is 0 Å². The maximum Gasteiger partial charge on any atom is 0.305 e. The molecule has 1 heterocycles. The minimum Gasteiger partial charge on any atom is -0.481 e. The predicted molar refractivity (Wildman–Crippen MR) is 143 cm³/mol. The maximum atomic E-state index is 12.8. The van der Waals surface area contributed by atoms with Gasteiger partial charge in [-0.1, -0.05) is 24.3 Å². The van der Waals surface area contributed by atoms with E-state index in [0.29, 0.717) is 6.54 Å². The molecule has 5 rings (SSSR count). The van der Waals surface area contributed by atoms with Crippen molar-refractivity contribution in [2.45, 2.75) is 38.6 Å². The fourth-order valence-corrected chi connectivity index (χ4v) is 4.88. The first-order chi connectivity index (χ1) is 17.9. The summed E-state index contributed by atoms with van der Waals surface area (Å²) >= 11 is 0. The number of nitrogens with one attached hydrogen (secondary N) is 1. The molecule has 0 aromatic heterocycles. The zero-order valence-electron chi connectivity index (χ0n) is 21.5. The van der Waals surface area contributed by atoms with E-state index in [2.05, 4.69) is 46.4 Å². The van der Waals surface area contributed by atoms with Crippen molar-refractivity contribution in [1.29, 1.82) is 0 Å². The highest BCUT2D eigenvalue weighted by molar-refractivity contribution is 5.98. The van der Waals surface area contributed by atoms with Crippen LogP contribution in [0.4, 0.5) is 11.4 Å². The minimum absolute atomic E-state index is 0.0386. The Kier molecular flexibility index (Phi) is 7.46. The second kappa shape index (κ2) is 10.9. The van der Waals surface area contributed by atoms with Gasteiger partial charge in [0.15, 0.2) is 0 Å². The summed E-state index contributed by atoms with van der Waals surface area (Å²) in [6.07, 6.45) is 3.62. The molecule has 2 N–H and O–H groups in total. The van der Waals surface area contributed by atoms with E-state index in [1.54, 1.807) is 4.90 Å². The van der Waals surface area contributed by atoms with Gasteiger partial charge in [0, 0.05) is 51.1 Å². The molecule has 8 heteroatoms. The second-order valence-electron chi connectivity index (χ2n) is 10.7. The Morgan fingerprint density at radius 3 is 2.32 bits per heavy atom. The Balaban J connectivity index is 1.38. The van der Waals surface area contributed by atoms with Gasteiger partial charge in [-0.25, -0.2) is 0 Å². The summed E-state index contributed by atoms with van der Waals surface area (Å²) in [5.41, 5.74) is 4.86. The highest BCUT2D eigenvalue weighted by Crippen LogP contribution is 2.36. The predicted octanol–water partition coefficient (Wildman–Crippen LogP) is 3.67. The first-order valence-electron chi connectivity index (χ1n) is 13.4. The van der Waals surface area contributed by atoms with Gasteiger partial charge in [-0.2, -0.15) is 0 Å². The Labute approximate surface area is 218 Å². The lowest BCUT2D eigenvalue weighted by Crippen LogP contribution is -2.44. The number of amides is 2. The van der Waals surface area contributed by atoms with E-state index in [1.807, 2.05) is 18.2 Å². The second-order valence-corrected chi connectivity index (χ2v) is 10.7. The molecule has 0 atom stereocenters. The zero-order valence-corrected chi connectivity index (χ0v) is 21.5. The van der Waals surface area contributed by atoms with Gasteiger partial charge >= 0.3 is 5.97 Å². The summed E-state index contributed by atoms with van der Waals surface area (Å²) in [4.78, 5) is 43.0. The van der Waals surface area contributed by atoms with E-state index >= 15 is 0 Å². The van der Waals surface area contributed by atoms with Crippen LogP contribution in [-0.4, -0.2) is 72.5 Å². The molecular formula is C29H36N4O4. The van der Waals surface area contributed by atoms with Gasteiger partial charge in [0.25, 0.3) is 0 Å². The van der Waals surface area contributed by atoms with Crippen LogP contribution in [0.5, 0.6) is 0 Å². The quantitative estimate of drug-likeness (QED) is 0.513. The van der Waals surface area contributed by atoms with Crippen LogP contribution in [-0.2, 0) is 20.9 Å². The van der Waals surface area contributed by atoms with Gasteiger partial charge in [-0.3, -0.25) is 14.4 Å². The molecule has 2 amide bonds. The summed E-state index contributed by atoms with van der Waals surface area (Å²) in [6, 6.07) is 14.3. The molecule has 196 valence electrons. The Morgan fingerprint density at radius 2 is 1.65 bits per heavy atom. The number of carboxylic acid groups (broad SMARTS) is 1. The van der Waals surface area contributed by atoms with E-state index in [1.165, 1.54) is 0 Å². The molecule has 3 fully saturated rings. The van der Waals surface area contributed by atoms with Crippen molar-refractivity contribution in [3.8, 4) is 11.1 Å². The smallest absolute Gasteiger partial charge is 0.305 e. The fraction of sp³-hybridized carbons (Fsp3) is 0.483. The molecule has 2 aromatic carbocycles. The fourth-order valence-electron chi connectivity index (χ4n) is 4.88. The van der Waals surface area contributed by atoms with Gasteiger partial charge in [0.2, 0.25) is 11.8 Å². The van der Waals surface area contributed by atoms with Gasteiger partial charge in [0.05, 0.1) is 17.8 Å². The third-order valence-corrected chi connectivity index (χ3v) is 7.51. The molecule has 2 aromatic rings. The van der Waals surface area contributed by atoms with Gasteiger partial charge in [-0.05, 0) is 67.6 Å². The van der Waals surface area contributed by atoms with E-state index in [-0.39, 0.29) is 36.6 Å². The van der Waals surface area contributed by atoms with Crippen LogP contribution >= 0.6 is 0 Å². The SMILES string of the molecule is CN1CCN(c2ccc(-c3cccc(CN(CCC(=O)O)C(=O)C4CC4)c3)cc2NC(=O)C2CC2)CC1. The highest BCUT2D eigenvalue weighted by atomic mass is 16.4. The number of anilines is 2. The molecular weight excluding hydrogens is 468 g/mol. The molecule has 2 aliphatic carbocycles. The molecule has 37 heavy (non-hydrogen) atoms. The number of piperazine rings is 1. The topological polar surface area (TPSA) is 93.2 Å². The third-order valence-electron chi connectivity index (χ3n) is 7.51. The van der Waals surface area contributed by atoms with Crippen molar-refractivity contribution in [2.75, 3.05) is 50.0 Å². The summed E-state index contributed by atoms with van der Waals surface area (Å²) in [6.45, 7) is 4.40. The van der Waals surface area contributed by atoms with Crippen molar-refractivity contribution >= 4 is 29.2 Å². The lowest BCUT2D eigenvalue weighted by molar-refractivity contribution is -0.139. The molecule has 0 spiro atoms. The summed E-state index contributed by atoms with van der Waals surface area (Å²) in [5, 5.41) is 12.3. The van der Waals surface area contributed by atoms with Gasteiger partial charge in [-0.15, -0.1) is 0 Å². The third kappa shape index (κ3) is 6.49. The van der Waals surface area contributed by atoms with Crippen LogP contribution < -0.4 is 10.2 Å². The lowest BCUT2D eigenvalue weighted by Gasteiger charge is -2.35. The number of aliphatic carboxylic acids is 1. The van der Waals surface area contributed by atoms with E-state index in [9.17, 15) is 14.4 Å². The van der Waals surface area contributed by atoms with Gasteiger partial charge < -0.3 is 25.1 Å². The number of benzene rings is 2. The normalized spacial score (nSPS) is 17.9. The van der Waals surface area contributed by atoms with Crippen molar-refractivity contribution < 1.29 is 19.5 Å². The Bertz CT molecular complexity index is 1170. The molecule has 3 aliphatic rings. The van der Waals surface area contributed by atoms with Crippen molar-refractivity contribution in [3.63, 3.8) is 0 Å². The lowest BCUT2D eigenvalue weighted by atomic mass is 10.0. The standard InChI is InChI=1S/C29H36N4O4/c1-31-13-15-32(16-14-31)26-10-9-24(18-25(26)30-28(36)21-5-6-21)23-4-2-3-20(17-23)19-33(12-11-27(34)35)29(37)22-7-8-22/h2-4,9-10,17-18,21-22H,5-8,11-16,19H2,1H3,(H,30,36)(H,34,35). The summed E-state index contributed by atoms with van der Waals surface area (Å²) < 4.78 is 0. The average molecular weight is 505 g/mol. The van der Waals surface area contributed by atoms with E-state index < -0.39 is 5.97 Å². The van der Waals surface area contributed by atoms with E-state index in [0.717, 1.165) is 79.9 Å². The number of hydrogen-bond acceptors (Lipinski definition) is 5. The van der Waals surface area contributed by atoms with Crippen molar-refractivity contribution in [1.82, 2.24) is 9.80 Å². The van der Waals surface area contributed by atoms with Crippen LogP contribution in [0.15, 0.2) is 42.5 Å². The molecule has 2 saturated carbocycles. The number of carbonyl (C=O) groups excluding carboxylic acids is 2. The number of likely N-dealkylation sites (N-methyl/N-ethyl adjacent to an activating group) is 1. The highest BCUT2D eigenvalue weighted by Gasteiger charge is 2.33. The van der Waals surface area contributed by atoms with Crippen molar-refractivity contribution in [2.24, 2.45) is 11.8 Å². The maximum absolute atomic E-state index is 12.8. The minimum atomic E-state index is -0.899. The molecule has 8 nitrogen and oxygen atoms in total. The average Bonchev–Trinajstić information content (AvgIpc) is 3.80. The molecule has 1 aliphatic heterocycles. The largest absolute Gasteiger partial charge is 0.481 e. The van der Waals surface area contributed by atoms with E-state index in [4.69, 9.17) is 5.11 Å². The molecule has 0 bridgehead atoms. The Hall–Kier alpha value is -3.39.